The number of amides is 1. The van der Waals surface area contributed by atoms with E-state index in [1.165, 1.54) is 43.8 Å². The molecule has 3 aromatic carbocycles. The van der Waals surface area contributed by atoms with Crippen LogP contribution in [0, 0.1) is 0 Å². The van der Waals surface area contributed by atoms with E-state index in [0.29, 0.717) is 30.0 Å². The summed E-state index contributed by atoms with van der Waals surface area (Å²) in [5, 5.41) is 2.78. The highest BCUT2D eigenvalue weighted by Gasteiger charge is 2.19. The van der Waals surface area contributed by atoms with Crippen molar-refractivity contribution in [3.63, 3.8) is 0 Å². The molecule has 1 heterocycles. The number of carbonyl (C=O) groups excluding carboxylic acids is 1. The summed E-state index contributed by atoms with van der Waals surface area (Å²) in [7, 11) is -2.59. The molecule has 0 atom stereocenters. The number of aromatic nitrogens is 2. The molecule has 0 aliphatic rings. The predicted molar refractivity (Wildman–Crippen MR) is 144 cm³/mol. The summed E-state index contributed by atoms with van der Waals surface area (Å²) in [6.07, 6.45) is 3.43. The van der Waals surface area contributed by atoms with Crippen molar-refractivity contribution in [3.05, 3.63) is 101 Å². The van der Waals surface area contributed by atoms with Crippen LogP contribution in [-0.2, 0) is 16.4 Å². The van der Waals surface area contributed by atoms with E-state index < -0.39 is 15.9 Å². The maximum atomic E-state index is 13.0. The van der Waals surface area contributed by atoms with Crippen LogP contribution in [0.5, 0.6) is 11.6 Å². The molecule has 4 aromatic rings. The topological polar surface area (TPSA) is 120 Å². The molecule has 0 saturated heterocycles. The number of carbonyl (C=O) groups is 1. The Morgan fingerprint density at radius 1 is 0.973 bits per heavy atom. The standard InChI is InChI=1S/C26H23BrN4O5S/c1-35-26-24(28-14-15-29-26)31-37(33,34)21-10-8-20(9-11-21)30-25(32)22-17-19(27)7-12-23(22)36-16-13-18-5-3-2-4-6-18/h2-12,14-15,17H,13,16H2,1H3,(H,28,31)(H,30,32). The first kappa shape index (κ1) is 26.1. The Labute approximate surface area is 223 Å². The molecule has 0 spiro atoms. The first-order valence-corrected chi connectivity index (χ1v) is 13.4. The number of nitrogens with one attached hydrogen (secondary N) is 2. The van der Waals surface area contributed by atoms with Gasteiger partial charge in [-0.25, -0.2) is 18.4 Å². The van der Waals surface area contributed by atoms with Crippen LogP contribution in [0.2, 0.25) is 0 Å². The minimum absolute atomic E-state index is 0.0226. The van der Waals surface area contributed by atoms with E-state index in [9.17, 15) is 13.2 Å². The van der Waals surface area contributed by atoms with E-state index in [2.05, 4.69) is 35.9 Å². The van der Waals surface area contributed by atoms with Gasteiger partial charge >= 0.3 is 0 Å². The molecule has 0 saturated carbocycles. The number of benzene rings is 3. The van der Waals surface area contributed by atoms with Gasteiger partial charge in [0, 0.05) is 29.0 Å². The van der Waals surface area contributed by atoms with Crippen LogP contribution in [0.4, 0.5) is 11.5 Å². The van der Waals surface area contributed by atoms with Gasteiger partial charge < -0.3 is 14.8 Å². The van der Waals surface area contributed by atoms with Gasteiger partial charge in [0.2, 0.25) is 5.82 Å². The normalized spacial score (nSPS) is 11.0. The Bertz CT molecular complexity index is 1480. The maximum absolute atomic E-state index is 13.0. The second-order valence-corrected chi connectivity index (χ2v) is 10.3. The molecule has 0 fully saturated rings. The second-order valence-electron chi connectivity index (χ2n) is 7.72. The van der Waals surface area contributed by atoms with Crippen molar-refractivity contribution in [2.45, 2.75) is 11.3 Å². The van der Waals surface area contributed by atoms with Gasteiger partial charge in [0.1, 0.15) is 5.75 Å². The molecule has 2 N–H and O–H groups in total. The highest BCUT2D eigenvalue weighted by Crippen LogP contribution is 2.26. The summed E-state index contributed by atoms with van der Waals surface area (Å²) >= 11 is 3.40. The highest BCUT2D eigenvalue weighted by molar-refractivity contribution is 9.10. The van der Waals surface area contributed by atoms with E-state index in [0.717, 1.165) is 10.0 Å². The van der Waals surface area contributed by atoms with Gasteiger partial charge in [0.15, 0.2) is 0 Å². The Hall–Kier alpha value is -3.96. The SMILES string of the molecule is COc1nccnc1NS(=O)(=O)c1ccc(NC(=O)c2cc(Br)ccc2OCCc2ccccc2)cc1. The van der Waals surface area contributed by atoms with Crippen LogP contribution < -0.4 is 19.5 Å². The third-order valence-electron chi connectivity index (χ3n) is 5.19. The zero-order chi connectivity index (χ0) is 26.3. The number of hydrogen-bond acceptors (Lipinski definition) is 7. The number of hydrogen-bond donors (Lipinski definition) is 2. The summed E-state index contributed by atoms with van der Waals surface area (Å²) in [5.74, 6) is 0.0644. The quantitative estimate of drug-likeness (QED) is 0.272. The fourth-order valence-electron chi connectivity index (χ4n) is 3.38. The lowest BCUT2D eigenvalue weighted by Gasteiger charge is -2.13. The number of sulfonamides is 1. The molecule has 0 unspecified atom stereocenters. The Morgan fingerprint density at radius 2 is 1.70 bits per heavy atom. The van der Waals surface area contributed by atoms with Gasteiger partial charge in [-0.05, 0) is 48.0 Å². The van der Waals surface area contributed by atoms with E-state index >= 15 is 0 Å². The van der Waals surface area contributed by atoms with Gasteiger partial charge in [-0.15, -0.1) is 0 Å². The van der Waals surface area contributed by atoms with Crippen molar-refractivity contribution in [3.8, 4) is 11.6 Å². The average Bonchev–Trinajstić information content (AvgIpc) is 2.90. The molecule has 190 valence electrons. The molecule has 37 heavy (non-hydrogen) atoms. The summed E-state index contributed by atoms with van der Waals surface area (Å²) in [4.78, 5) is 20.9. The Balaban J connectivity index is 1.44. The van der Waals surface area contributed by atoms with Crippen LogP contribution in [0.25, 0.3) is 0 Å². The van der Waals surface area contributed by atoms with Crippen molar-refractivity contribution in [1.29, 1.82) is 0 Å². The van der Waals surface area contributed by atoms with E-state index in [4.69, 9.17) is 9.47 Å². The molecule has 0 radical (unpaired) electrons. The van der Waals surface area contributed by atoms with Crippen LogP contribution >= 0.6 is 15.9 Å². The van der Waals surface area contributed by atoms with Gasteiger partial charge in [0.25, 0.3) is 21.8 Å². The summed E-state index contributed by atoms with van der Waals surface area (Å²) in [5.41, 5.74) is 1.89. The van der Waals surface area contributed by atoms with Gasteiger partial charge in [-0.3, -0.25) is 9.52 Å². The molecule has 11 heteroatoms. The molecular formula is C26H23BrN4O5S. The Morgan fingerprint density at radius 3 is 2.43 bits per heavy atom. The average molecular weight is 583 g/mol. The van der Waals surface area contributed by atoms with Crippen molar-refractivity contribution >= 4 is 43.4 Å². The maximum Gasteiger partial charge on any atom is 0.263 e. The number of methoxy groups -OCH3 is 1. The zero-order valence-electron chi connectivity index (χ0n) is 19.7. The van der Waals surface area contributed by atoms with E-state index in [1.54, 1.807) is 18.2 Å². The van der Waals surface area contributed by atoms with Gasteiger partial charge in [-0.2, -0.15) is 0 Å². The first-order valence-electron chi connectivity index (χ1n) is 11.1. The smallest absolute Gasteiger partial charge is 0.263 e. The number of nitrogens with zero attached hydrogens (tertiary/aromatic N) is 2. The van der Waals surface area contributed by atoms with Gasteiger partial charge in [0.05, 0.1) is 24.2 Å². The fraction of sp³-hybridized carbons (Fsp3) is 0.115. The number of halogens is 1. The van der Waals surface area contributed by atoms with Gasteiger partial charge in [-0.1, -0.05) is 46.3 Å². The molecule has 1 aromatic heterocycles. The fourth-order valence-corrected chi connectivity index (χ4v) is 4.74. The third kappa shape index (κ3) is 6.83. The van der Waals surface area contributed by atoms with Crippen molar-refractivity contribution in [2.75, 3.05) is 23.8 Å². The minimum Gasteiger partial charge on any atom is -0.492 e. The van der Waals surface area contributed by atoms with Crippen molar-refractivity contribution in [2.24, 2.45) is 0 Å². The summed E-state index contributed by atoms with van der Waals surface area (Å²) in [6, 6.07) is 20.8. The third-order valence-corrected chi connectivity index (χ3v) is 7.04. The largest absolute Gasteiger partial charge is 0.492 e. The first-order chi connectivity index (χ1) is 17.9. The second kappa shape index (κ2) is 11.8. The van der Waals surface area contributed by atoms with Crippen LogP contribution in [0.1, 0.15) is 15.9 Å². The lowest BCUT2D eigenvalue weighted by Crippen LogP contribution is -2.16. The minimum atomic E-state index is -3.96. The molecule has 0 bridgehead atoms. The van der Waals surface area contributed by atoms with Crippen LogP contribution in [0.15, 0.2) is 94.6 Å². The lowest BCUT2D eigenvalue weighted by molar-refractivity contribution is 0.102. The molecular weight excluding hydrogens is 560 g/mol. The molecule has 0 aliphatic heterocycles. The summed E-state index contributed by atoms with van der Waals surface area (Å²) < 4.78 is 39.5. The van der Waals surface area contributed by atoms with Crippen LogP contribution in [0.3, 0.4) is 0 Å². The monoisotopic (exact) mass is 582 g/mol. The number of rotatable bonds is 10. The number of anilines is 2. The number of ether oxygens (including phenoxy) is 2. The molecule has 4 rings (SSSR count). The lowest BCUT2D eigenvalue weighted by atomic mass is 10.1. The van der Waals surface area contributed by atoms with Crippen molar-refractivity contribution in [1.82, 2.24) is 9.97 Å². The predicted octanol–water partition coefficient (Wildman–Crippen LogP) is 4.92. The van der Waals surface area contributed by atoms with Crippen LogP contribution in [-0.4, -0.2) is 38.0 Å². The molecule has 0 aliphatic carbocycles. The molecule has 9 nitrogen and oxygen atoms in total. The zero-order valence-corrected chi connectivity index (χ0v) is 22.1. The van der Waals surface area contributed by atoms with E-state index in [-0.39, 0.29) is 16.6 Å². The van der Waals surface area contributed by atoms with Crippen molar-refractivity contribution < 1.29 is 22.7 Å². The summed E-state index contributed by atoms with van der Waals surface area (Å²) in [6.45, 7) is 0.405. The Kier molecular flexibility index (Phi) is 8.36. The molecule has 1 amide bonds. The van der Waals surface area contributed by atoms with E-state index in [1.807, 2.05) is 30.3 Å². The highest BCUT2D eigenvalue weighted by atomic mass is 79.9.